The molecule has 9 nitrogen and oxygen atoms in total. The first-order chi connectivity index (χ1) is 17.0. The molecule has 3 aromatic carbocycles. The van der Waals surface area contributed by atoms with E-state index in [1.807, 2.05) is 25.1 Å². The zero-order chi connectivity index (χ0) is 26.3. The number of aryl methyl sites for hydroxylation is 1. The van der Waals surface area contributed by atoms with Crippen molar-refractivity contribution in [1.82, 2.24) is 4.90 Å². The van der Waals surface area contributed by atoms with E-state index in [9.17, 15) is 17.8 Å². The van der Waals surface area contributed by atoms with E-state index in [1.54, 1.807) is 56.6 Å². The minimum absolute atomic E-state index is 0.0932. The highest BCUT2D eigenvalue weighted by molar-refractivity contribution is 7.85. The Kier molecular flexibility index (Phi) is 6.50. The number of carbonyl (C=O) groups is 1. The van der Waals surface area contributed by atoms with E-state index in [2.05, 4.69) is 4.99 Å². The summed E-state index contributed by atoms with van der Waals surface area (Å²) in [6.45, 7) is 1.88. The van der Waals surface area contributed by atoms with Crippen LogP contribution in [-0.4, -0.2) is 51.0 Å². The Bertz CT molecular complexity index is 1480. The number of guanidine groups is 1. The van der Waals surface area contributed by atoms with Gasteiger partial charge in [-0.2, -0.15) is 8.42 Å². The first-order valence-electron chi connectivity index (χ1n) is 11.0. The zero-order valence-electron chi connectivity index (χ0n) is 20.3. The molecule has 0 saturated carbocycles. The molecule has 10 heteroatoms. The molecule has 0 spiro atoms. The molecule has 0 saturated heterocycles. The van der Waals surface area contributed by atoms with Gasteiger partial charge in [-0.3, -0.25) is 14.2 Å². The van der Waals surface area contributed by atoms with Crippen molar-refractivity contribution < 1.29 is 27.2 Å². The lowest BCUT2D eigenvalue weighted by molar-refractivity contribution is -0.129. The minimum Gasteiger partial charge on any atom is -0.497 e. The van der Waals surface area contributed by atoms with Crippen LogP contribution in [0.15, 0.2) is 65.7 Å². The van der Waals surface area contributed by atoms with Gasteiger partial charge in [-0.25, -0.2) is 4.99 Å². The summed E-state index contributed by atoms with van der Waals surface area (Å²) in [6.07, 6.45) is 0. The molecular weight excluding hydrogens is 482 g/mol. The highest BCUT2D eigenvalue weighted by Crippen LogP contribution is 2.42. The highest BCUT2D eigenvalue weighted by Gasteiger charge is 2.49. The lowest BCUT2D eigenvalue weighted by Gasteiger charge is -2.27. The van der Waals surface area contributed by atoms with Gasteiger partial charge in [-0.1, -0.05) is 24.3 Å². The van der Waals surface area contributed by atoms with E-state index in [-0.39, 0.29) is 11.9 Å². The van der Waals surface area contributed by atoms with Gasteiger partial charge in [-0.05, 0) is 76.7 Å². The van der Waals surface area contributed by atoms with Crippen molar-refractivity contribution in [2.24, 2.45) is 10.7 Å². The molecule has 36 heavy (non-hydrogen) atoms. The molecule has 0 radical (unpaired) electrons. The van der Waals surface area contributed by atoms with Crippen molar-refractivity contribution in [2.45, 2.75) is 18.2 Å². The average molecular weight is 510 g/mol. The number of hydrogen-bond donors (Lipinski definition) is 2. The molecule has 1 heterocycles. The van der Waals surface area contributed by atoms with Crippen LogP contribution in [0.3, 0.4) is 0 Å². The van der Waals surface area contributed by atoms with Crippen LogP contribution in [0, 0.1) is 6.92 Å². The van der Waals surface area contributed by atoms with E-state index in [0.29, 0.717) is 39.3 Å². The van der Waals surface area contributed by atoms with Crippen LogP contribution < -0.4 is 15.2 Å². The first kappa shape index (κ1) is 25.2. The maximum Gasteiger partial charge on any atom is 0.269 e. The topological polar surface area (TPSA) is 132 Å². The fraction of sp³-hybridized carbons (Fsp3) is 0.231. The van der Waals surface area contributed by atoms with Gasteiger partial charge in [-0.15, -0.1) is 0 Å². The number of ether oxygens (including phenoxy) is 2. The summed E-state index contributed by atoms with van der Waals surface area (Å²) in [5.74, 6) is 0.336. The van der Waals surface area contributed by atoms with Crippen molar-refractivity contribution in [3.63, 3.8) is 0 Å². The summed E-state index contributed by atoms with van der Waals surface area (Å²) < 4.78 is 43.0. The molecule has 3 aromatic rings. The fourth-order valence-corrected chi connectivity index (χ4v) is 5.04. The molecule has 0 aromatic heterocycles. The van der Waals surface area contributed by atoms with Crippen LogP contribution in [-0.2, 0) is 26.2 Å². The summed E-state index contributed by atoms with van der Waals surface area (Å²) in [4.78, 5) is 19.6. The molecule has 4 rings (SSSR count). The molecule has 3 N–H and O–H groups in total. The van der Waals surface area contributed by atoms with E-state index >= 15 is 0 Å². The fourth-order valence-electron chi connectivity index (χ4n) is 4.45. The second-order valence-electron chi connectivity index (χ2n) is 8.61. The molecule has 188 valence electrons. The van der Waals surface area contributed by atoms with Crippen LogP contribution in [0.2, 0.25) is 0 Å². The number of rotatable bonds is 7. The third-order valence-corrected chi connectivity index (χ3v) is 6.92. The Morgan fingerprint density at radius 3 is 2.31 bits per heavy atom. The van der Waals surface area contributed by atoms with Gasteiger partial charge in [0.2, 0.25) is 0 Å². The Morgan fingerprint density at radius 2 is 1.72 bits per heavy atom. The molecule has 0 bridgehead atoms. The molecule has 1 amide bonds. The maximum absolute atomic E-state index is 13.6. The van der Waals surface area contributed by atoms with Crippen LogP contribution in [0.1, 0.15) is 22.3 Å². The van der Waals surface area contributed by atoms with Crippen LogP contribution in [0.5, 0.6) is 11.5 Å². The maximum atomic E-state index is 13.6. The largest absolute Gasteiger partial charge is 0.497 e. The lowest BCUT2D eigenvalue weighted by atomic mass is 9.81. The third kappa shape index (κ3) is 4.52. The highest BCUT2D eigenvalue weighted by atomic mass is 32.2. The lowest BCUT2D eigenvalue weighted by Crippen LogP contribution is -2.41. The summed E-state index contributed by atoms with van der Waals surface area (Å²) in [5, 5.41) is 0. The number of benzene rings is 3. The second-order valence-corrected chi connectivity index (χ2v) is 10.1. The summed E-state index contributed by atoms with van der Waals surface area (Å²) in [7, 11) is 0.381. The Balaban J connectivity index is 1.91. The van der Waals surface area contributed by atoms with Crippen molar-refractivity contribution in [2.75, 3.05) is 21.3 Å². The second kappa shape index (κ2) is 9.29. The number of likely N-dealkylation sites (N-methyl/N-ethyl adjacent to an activating group) is 1. The van der Waals surface area contributed by atoms with E-state index in [1.165, 1.54) is 12.0 Å². The number of nitrogens with zero attached hydrogens (tertiary/aromatic N) is 2. The Morgan fingerprint density at radius 1 is 1.00 bits per heavy atom. The quantitative estimate of drug-likeness (QED) is 0.468. The number of amides is 1. The molecular formula is C26H27N3O6S. The number of aliphatic imine (C=N–C) groups is 1. The number of hydrogen-bond acceptors (Lipinski definition) is 7. The summed E-state index contributed by atoms with van der Waals surface area (Å²) >= 11 is 0. The minimum atomic E-state index is -4.25. The molecule has 1 unspecified atom stereocenters. The molecule has 0 aliphatic carbocycles. The van der Waals surface area contributed by atoms with E-state index in [0.717, 1.165) is 5.56 Å². The van der Waals surface area contributed by atoms with Gasteiger partial charge < -0.3 is 15.2 Å². The first-order valence-corrected chi connectivity index (χ1v) is 12.6. The van der Waals surface area contributed by atoms with Gasteiger partial charge in [0, 0.05) is 7.05 Å². The molecule has 1 aliphatic rings. The van der Waals surface area contributed by atoms with Crippen LogP contribution in [0.25, 0.3) is 11.1 Å². The van der Waals surface area contributed by atoms with Crippen molar-refractivity contribution in [3.8, 4) is 22.6 Å². The molecule has 0 fully saturated rings. The predicted octanol–water partition coefficient (Wildman–Crippen LogP) is 3.10. The standard InChI is InChI=1S/C26H27N3O6S/c1-16-10-21(8-9-23(16)35-4)26(24(30)29(2)25(27)28-26)20-7-5-6-18(13-20)19-11-17(15-36(31,32)33)12-22(14-19)34-3/h5-14H,15H2,1-4H3,(H2,27,28)(H,31,32,33). The van der Waals surface area contributed by atoms with Gasteiger partial charge in [0.25, 0.3) is 16.0 Å². The molecule has 1 aliphatic heterocycles. The van der Waals surface area contributed by atoms with Crippen LogP contribution in [0.4, 0.5) is 0 Å². The average Bonchev–Trinajstić information content (AvgIpc) is 3.07. The van der Waals surface area contributed by atoms with Gasteiger partial charge in [0.1, 0.15) is 17.3 Å². The Labute approximate surface area is 209 Å². The summed E-state index contributed by atoms with van der Waals surface area (Å²) in [5.41, 5.74) is 8.45. The van der Waals surface area contributed by atoms with E-state index in [4.69, 9.17) is 15.2 Å². The third-order valence-electron chi connectivity index (χ3n) is 6.22. The van der Waals surface area contributed by atoms with E-state index < -0.39 is 21.4 Å². The number of carbonyl (C=O) groups excluding carboxylic acids is 1. The van der Waals surface area contributed by atoms with Gasteiger partial charge >= 0.3 is 0 Å². The SMILES string of the molecule is COc1cc(CS(=O)(=O)O)cc(-c2cccc(C3(c4ccc(OC)c(C)c4)N=C(N)N(C)C3=O)c2)c1. The smallest absolute Gasteiger partial charge is 0.269 e. The number of nitrogens with two attached hydrogens (primary N) is 1. The Hall–Kier alpha value is -3.89. The van der Waals surface area contributed by atoms with Crippen molar-refractivity contribution in [1.29, 1.82) is 0 Å². The zero-order valence-corrected chi connectivity index (χ0v) is 21.2. The van der Waals surface area contributed by atoms with Crippen molar-refractivity contribution >= 4 is 22.0 Å². The van der Waals surface area contributed by atoms with Crippen molar-refractivity contribution in [3.05, 3.63) is 82.9 Å². The predicted molar refractivity (Wildman–Crippen MR) is 137 cm³/mol. The van der Waals surface area contributed by atoms with Gasteiger partial charge in [0.05, 0.1) is 14.2 Å². The van der Waals surface area contributed by atoms with Crippen LogP contribution >= 0.6 is 0 Å². The van der Waals surface area contributed by atoms with Gasteiger partial charge in [0.15, 0.2) is 11.5 Å². The normalized spacial score (nSPS) is 17.8. The monoisotopic (exact) mass is 509 g/mol. The summed E-state index contributed by atoms with van der Waals surface area (Å²) in [6, 6.07) is 17.6. The molecule has 1 atom stereocenters. The number of methoxy groups -OCH3 is 2.